The number of carbonyl (C=O) groups is 1. The lowest BCUT2D eigenvalue weighted by Gasteiger charge is -2.09. The van der Waals surface area contributed by atoms with Gasteiger partial charge in [0.05, 0.1) is 12.8 Å². The van der Waals surface area contributed by atoms with E-state index < -0.39 is 0 Å². The minimum Gasteiger partial charge on any atom is -0.508 e. The van der Waals surface area contributed by atoms with Crippen LogP contribution in [0.25, 0.3) is 10.9 Å². The van der Waals surface area contributed by atoms with Gasteiger partial charge in [0.25, 0.3) is 0 Å². The van der Waals surface area contributed by atoms with Crippen molar-refractivity contribution in [3.63, 3.8) is 0 Å². The number of unbranched alkanes of at least 4 members (excludes halogenated alkanes) is 3. The van der Waals surface area contributed by atoms with Crippen LogP contribution >= 0.6 is 0 Å². The Labute approximate surface area is 177 Å². The molecule has 0 bridgehead atoms. The van der Waals surface area contributed by atoms with Gasteiger partial charge in [0.1, 0.15) is 11.5 Å². The fourth-order valence-electron chi connectivity index (χ4n) is 3.57. The number of fused-ring (bicyclic) bond motifs is 1. The number of H-pyrrole nitrogens is 1. The van der Waals surface area contributed by atoms with Crippen molar-refractivity contribution in [2.45, 2.75) is 38.5 Å². The molecule has 1 amide bonds. The maximum Gasteiger partial charge on any atom is 0.224 e. The fourth-order valence-corrected chi connectivity index (χ4v) is 3.57. The van der Waals surface area contributed by atoms with Gasteiger partial charge in [-0.05, 0) is 68.2 Å². The third-order valence-electron chi connectivity index (χ3n) is 5.21. The Balaban J connectivity index is 1.24. The van der Waals surface area contributed by atoms with E-state index in [1.165, 1.54) is 5.56 Å². The van der Waals surface area contributed by atoms with Crippen molar-refractivity contribution in [1.29, 1.82) is 0 Å². The number of nitrogens with one attached hydrogen (secondary N) is 3. The summed E-state index contributed by atoms with van der Waals surface area (Å²) in [6.45, 7) is 1.88. The van der Waals surface area contributed by atoms with Crippen LogP contribution in [-0.4, -0.2) is 36.2 Å². The van der Waals surface area contributed by atoms with E-state index in [1.807, 2.05) is 42.6 Å². The molecular weight excluding hydrogens is 378 g/mol. The number of aromatic nitrogens is 1. The smallest absolute Gasteiger partial charge is 0.224 e. The monoisotopic (exact) mass is 409 g/mol. The van der Waals surface area contributed by atoms with Gasteiger partial charge >= 0.3 is 0 Å². The number of ether oxygens (including phenoxy) is 1. The average molecular weight is 410 g/mol. The molecule has 0 atom stereocenters. The zero-order chi connectivity index (χ0) is 21.2. The summed E-state index contributed by atoms with van der Waals surface area (Å²) < 4.78 is 5.25. The van der Waals surface area contributed by atoms with Crippen molar-refractivity contribution < 1.29 is 14.6 Å². The number of carbonyl (C=O) groups excluding carboxylic acids is 1. The lowest BCUT2D eigenvalue weighted by atomic mass is 10.1. The summed E-state index contributed by atoms with van der Waals surface area (Å²) in [4.78, 5) is 15.3. The molecule has 1 aromatic heterocycles. The number of methoxy groups -OCH3 is 1. The van der Waals surface area contributed by atoms with Gasteiger partial charge in [-0.3, -0.25) is 4.79 Å². The molecule has 0 radical (unpaired) electrons. The average Bonchev–Trinajstić information content (AvgIpc) is 3.15. The molecule has 6 nitrogen and oxygen atoms in total. The molecular formula is C24H31N3O3. The molecule has 0 spiro atoms. The molecule has 0 saturated heterocycles. The molecule has 2 aromatic carbocycles. The number of phenols is 1. The molecule has 4 N–H and O–H groups in total. The van der Waals surface area contributed by atoms with Crippen molar-refractivity contribution in [1.82, 2.24) is 10.3 Å². The number of rotatable bonds is 12. The Morgan fingerprint density at radius 1 is 1.07 bits per heavy atom. The second-order valence-corrected chi connectivity index (χ2v) is 7.46. The summed E-state index contributed by atoms with van der Waals surface area (Å²) in [5.74, 6) is 1.01. The van der Waals surface area contributed by atoms with Gasteiger partial charge in [-0.2, -0.15) is 0 Å². The van der Waals surface area contributed by atoms with E-state index in [4.69, 9.17) is 4.74 Å². The van der Waals surface area contributed by atoms with E-state index in [0.717, 1.165) is 61.8 Å². The number of aromatic hydroxyl groups is 1. The zero-order valence-corrected chi connectivity index (χ0v) is 17.5. The van der Waals surface area contributed by atoms with E-state index in [2.05, 4.69) is 15.6 Å². The van der Waals surface area contributed by atoms with Crippen molar-refractivity contribution in [2.24, 2.45) is 0 Å². The van der Waals surface area contributed by atoms with Crippen LogP contribution in [0.2, 0.25) is 0 Å². The molecule has 0 aliphatic carbocycles. The summed E-state index contributed by atoms with van der Waals surface area (Å²) >= 11 is 0. The molecule has 1 heterocycles. The van der Waals surface area contributed by atoms with Gasteiger partial charge in [0.2, 0.25) is 5.91 Å². The normalized spacial score (nSPS) is 11.0. The number of hydrogen-bond acceptors (Lipinski definition) is 4. The molecule has 6 heteroatoms. The van der Waals surface area contributed by atoms with Crippen LogP contribution in [0, 0.1) is 0 Å². The van der Waals surface area contributed by atoms with Crippen molar-refractivity contribution in [2.75, 3.05) is 25.5 Å². The molecule has 3 rings (SSSR count). The summed E-state index contributed by atoms with van der Waals surface area (Å²) in [5, 5.41) is 17.1. The molecule has 0 aliphatic rings. The van der Waals surface area contributed by atoms with Crippen molar-refractivity contribution >= 4 is 22.5 Å². The quantitative estimate of drug-likeness (QED) is 0.329. The number of hydrogen-bond donors (Lipinski definition) is 4. The zero-order valence-electron chi connectivity index (χ0n) is 17.5. The highest BCUT2D eigenvalue weighted by atomic mass is 16.5. The van der Waals surface area contributed by atoms with Crippen LogP contribution in [0.4, 0.5) is 5.69 Å². The first-order chi connectivity index (χ1) is 14.7. The Hall–Kier alpha value is -2.99. The first kappa shape index (κ1) is 21.7. The Morgan fingerprint density at radius 3 is 2.77 bits per heavy atom. The number of benzene rings is 2. The highest BCUT2D eigenvalue weighted by molar-refractivity contribution is 5.92. The molecule has 0 fully saturated rings. The first-order valence-electron chi connectivity index (χ1n) is 10.6. The van der Waals surface area contributed by atoms with Gasteiger partial charge < -0.3 is 25.5 Å². The second-order valence-electron chi connectivity index (χ2n) is 7.46. The topological polar surface area (TPSA) is 86.4 Å². The van der Waals surface area contributed by atoms with E-state index in [-0.39, 0.29) is 5.91 Å². The van der Waals surface area contributed by atoms with Crippen molar-refractivity contribution in [3.05, 3.63) is 54.2 Å². The van der Waals surface area contributed by atoms with E-state index in [9.17, 15) is 9.90 Å². The predicted molar refractivity (Wildman–Crippen MR) is 121 cm³/mol. The molecule has 0 unspecified atom stereocenters. The van der Waals surface area contributed by atoms with Crippen LogP contribution in [0.3, 0.4) is 0 Å². The third-order valence-corrected chi connectivity index (χ3v) is 5.21. The van der Waals surface area contributed by atoms with Gasteiger partial charge in [-0.1, -0.05) is 25.0 Å². The number of amides is 1. The van der Waals surface area contributed by atoms with Crippen LogP contribution in [0.15, 0.2) is 48.7 Å². The number of phenolic OH excluding ortho intramolecular Hbond substituents is 1. The minimum atomic E-state index is 0.0300. The number of aromatic amines is 1. The highest BCUT2D eigenvalue weighted by Gasteiger charge is 2.07. The van der Waals surface area contributed by atoms with Crippen molar-refractivity contribution in [3.8, 4) is 11.5 Å². The Bertz CT molecular complexity index is 952. The lowest BCUT2D eigenvalue weighted by Crippen LogP contribution is -2.18. The Morgan fingerprint density at radius 2 is 1.90 bits per heavy atom. The largest absolute Gasteiger partial charge is 0.508 e. The molecule has 30 heavy (non-hydrogen) atoms. The van der Waals surface area contributed by atoms with Crippen LogP contribution in [-0.2, 0) is 11.2 Å². The molecule has 0 saturated carbocycles. The van der Waals surface area contributed by atoms with Gasteiger partial charge in [0, 0.05) is 23.5 Å². The summed E-state index contributed by atoms with van der Waals surface area (Å²) in [7, 11) is 1.60. The number of para-hydroxylation sites is 2. The fraction of sp³-hybridized carbons (Fsp3) is 0.375. The number of anilines is 1. The van der Waals surface area contributed by atoms with Crippen LogP contribution in [0.1, 0.15) is 37.7 Å². The maximum absolute atomic E-state index is 12.1. The first-order valence-corrected chi connectivity index (χ1v) is 10.6. The molecule has 3 aromatic rings. The molecule has 160 valence electrons. The standard InChI is InChI=1S/C24H31N3O3/c1-30-23-9-6-5-8-22(23)27-24(29)10-4-2-3-7-14-25-15-13-18-17-26-21-12-11-19(28)16-20(18)21/h5-6,8-9,11-12,16-17,25-26,28H,2-4,7,10,13-15H2,1H3,(H,27,29). The minimum absolute atomic E-state index is 0.0300. The van der Waals surface area contributed by atoms with Gasteiger partial charge in [-0.15, -0.1) is 0 Å². The molecule has 0 aliphatic heterocycles. The summed E-state index contributed by atoms with van der Waals surface area (Å²) in [5.41, 5.74) is 2.99. The van der Waals surface area contributed by atoms with E-state index in [1.54, 1.807) is 13.2 Å². The van der Waals surface area contributed by atoms with Gasteiger partial charge in [0.15, 0.2) is 0 Å². The predicted octanol–water partition coefficient (Wildman–Crippen LogP) is 4.60. The van der Waals surface area contributed by atoms with E-state index in [0.29, 0.717) is 17.9 Å². The second kappa shape index (κ2) is 11.3. The van der Waals surface area contributed by atoms with Crippen LogP contribution in [0.5, 0.6) is 11.5 Å². The summed E-state index contributed by atoms with van der Waals surface area (Å²) in [6, 6.07) is 12.9. The summed E-state index contributed by atoms with van der Waals surface area (Å²) in [6.07, 6.45) is 7.61. The third kappa shape index (κ3) is 6.26. The van der Waals surface area contributed by atoms with Crippen LogP contribution < -0.4 is 15.4 Å². The van der Waals surface area contributed by atoms with E-state index >= 15 is 0 Å². The Kier molecular flexibility index (Phi) is 8.15. The highest BCUT2D eigenvalue weighted by Crippen LogP contribution is 2.24. The lowest BCUT2D eigenvalue weighted by molar-refractivity contribution is -0.116. The van der Waals surface area contributed by atoms with Gasteiger partial charge in [-0.25, -0.2) is 0 Å². The SMILES string of the molecule is COc1ccccc1NC(=O)CCCCCCNCCc1c[nH]c2ccc(O)cc12. The maximum atomic E-state index is 12.1.